The van der Waals surface area contributed by atoms with Crippen LogP contribution in [0.15, 0.2) is 18.2 Å². The maximum absolute atomic E-state index is 14.2. The van der Waals surface area contributed by atoms with Crippen molar-refractivity contribution in [2.24, 2.45) is 5.92 Å². The van der Waals surface area contributed by atoms with Crippen molar-refractivity contribution in [2.75, 3.05) is 24.5 Å². The zero-order chi connectivity index (χ0) is 14.5. The lowest BCUT2D eigenvalue weighted by atomic mass is 9.92. The Morgan fingerprint density at radius 1 is 1.40 bits per heavy atom. The molecule has 0 aliphatic carbocycles. The van der Waals surface area contributed by atoms with Gasteiger partial charge in [0.2, 0.25) is 0 Å². The molecule has 0 radical (unpaired) electrons. The smallest absolute Gasteiger partial charge is 0.146 e. The number of hydrogen-bond acceptors (Lipinski definition) is 3. The van der Waals surface area contributed by atoms with Gasteiger partial charge >= 0.3 is 0 Å². The van der Waals surface area contributed by atoms with Gasteiger partial charge in [0.25, 0.3) is 0 Å². The second-order valence-electron chi connectivity index (χ2n) is 5.63. The molecule has 2 N–H and O–H groups in total. The molecule has 1 fully saturated rings. The van der Waals surface area contributed by atoms with Crippen molar-refractivity contribution in [3.8, 4) is 0 Å². The minimum Gasteiger partial charge on any atom is -0.393 e. The molecule has 0 bridgehead atoms. The Morgan fingerprint density at radius 2 is 2.10 bits per heavy atom. The van der Waals surface area contributed by atoms with E-state index in [4.69, 9.17) is 0 Å². The Hall–Kier alpha value is -1.13. The van der Waals surface area contributed by atoms with Crippen LogP contribution < -0.4 is 10.2 Å². The highest BCUT2D eigenvalue weighted by atomic mass is 19.1. The van der Waals surface area contributed by atoms with E-state index < -0.39 is 0 Å². The molecule has 0 aromatic heterocycles. The average Bonchev–Trinajstić information content (AvgIpc) is 2.45. The molecule has 0 saturated carbocycles. The Morgan fingerprint density at radius 3 is 2.65 bits per heavy atom. The highest BCUT2D eigenvalue weighted by Crippen LogP contribution is 2.27. The first kappa shape index (κ1) is 15.3. The first-order valence-electron chi connectivity index (χ1n) is 7.54. The van der Waals surface area contributed by atoms with Gasteiger partial charge in [0.15, 0.2) is 0 Å². The second kappa shape index (κ2) is 7.04. The van der Waals surface area contributed by atoms with Crippen LogP contribution in [0.1, 0.15) is 32.3 Å². The van der Waals surface area contributed by atoms with Crippen LogP contribution in [0.5, 0.6) is 0 Å². The van der Waals surface area contributed by atoms with E-state index in [1.54, 1.807) is 6.07 Å². The molecule has 1 atom stereocenters. The summed E-state index contributed by atoms with van der Waals surface area (Å²) in [5.41, 5.74) is 1.67. The lowest BCUT2D eigenvalue weighted by molar-refractivity contribution is 0.110. The summed E-state index contributed by atoms with van der Waals surface area (Å²) < 4.78 is 14.2. The summed E-state index contributed by atoms with van der Waals surface area (Å²) in [6.07, 6.45) is 1.59. The lowest BCUT2D eigenvalue weighted by Gasteiger charge is -2.35. The number of hydrogen-bond donors (Lipinski definition) is 2. The molecule has 1 unspecified atom stereocenters. The van der Waals surface area contributed by atoms with Gasteiger partial charge in [0.05, 0.1) is 11.8 Å². The highest BCUT2D eigenvalue weighted by Gasteiger charge is 2.24. The molecule has 1 aliphatic heterocycles. The summed E-state index contributed by atoms with van der Waals surface area (Å²) in [5.74, 6) is 0.207. The standard InChI is InChI=1S/C16H25FN2O/c1-3-18-11-13-4-5-16(15(17)10-13)19-8-6-14(7-9-19)12(2)20/h4-5,10,12,14,18,20H,3,6-9,11H2,1-2H3. The molecular weight excluding hydrogens is 255 g/mol. The Balaban J connectivity index is 1.99. The van der Waals surface area contributed by atoms with E-state index in [1.165, 1.54) is 0 Å². The average molecular weight is 280 g/mol. The zero-order valence-corrected chi connectivity index (χ0v) is 12.4. The predicted octanol–water partition coefficient (Wildman–Crippen LogP) is 2.53. The molecule has 0 amide bonds. The number of rotatable bonds is 5. The first-order chi connectivity index (χ1) is 9.61. The highest BCUT2D eigenvalue weighted by molar-refractivity contribution is 5.49. The molecule has 20 heavy (non-hydrogen) atoms. The summed E-state index contributed by atoms with van der Waals surface area (Å²) >= 11 is 0. The van der Waals surface area contributed by atoms with Crippen molar-refractivity contribution in [1.82, 2.24) is 5.32 Å². The van der Waals surface area contributed by atoms with Crippen molar-refractivity contribution >= 4 is 5.69 Å². The van der Waals surface area contributed by atoms with Crippen molar-refractivity contribution in [2.45, 2.75) is 39.3 Å². The van der Waals surface area contributed by atoms with Crippen molar-refractivity contribution in [1.29, 1.82) is 0 Å². The summed E-state index contributed by atoms with van der Waals surface area (Å²) in [4.78, 5) is 2.09. The molecule has 3 nitrogen and oxygen atoms in total. The van der Waals surface area contributed by atoms with Crippen LogP contribution in [0.2, 0.25) is 0 Å². The Kier molecular flexibility index (Phi) is 5.38. The Labute approximate surface area is 120 Å². The normalized spacial score (nSPS) is 18.3. The van der Waals surface area contributed by atoms with Gasteiger partial charge < -0.3 is 15.3 Å². The number of aliphatic hydroxyl groups is 1. The maximum Gasteiger partial charge on any atom is 0.146 e. The van der Waals surface area contributed by atoms with Gasteiger partial charge in [-0.1, -0.05) is 13.0 Å². The fourth-order valence-corrected chi connectivity index (χ4v) is 2.81. The van der Waals surface area contributed by atoms with Gasteiger partial charge in [-0.3, -0.25) is 0 Å². The maximum atomic E-state index is 14.2. The van der Waals surface area contributed by atoms with E-state index in [1.807, 2.05) is 26.0 Å². The van der Waals surface area contributed by atoms with Gasteiger partial charge in [-0.05, 0) is 49.9 Å². The van der Waals surface area contributed by atoms with Gasteiger partial charge in [0.1, 0.15) is 5.82 Å². The summed E-state index contributed by atoms with van der Waals surface area (Å²) in [5, 5.41) is 12.8. The molecule has 4 heteroatoms. The van der Waals surface area contributed by atoms with Crippen LogP contribution in [0, 0.1) is 11.7 Å². The SMILES string of the molecule is CCNCc1ccc(N2CCC(C(C)O)CC2)c(F)c1. The van der Waals surface area contributed by atoms with Gasteiger partial charge in [-0.25, -0.2) is 4.39 Å². The molecular formula is C16H25FN2O. The van der Waals surface area contributed by atoms with Crippen LogP contribution in [-0.2, 0) is 6.54 Å². The molecule has 2 rings (SSSR count). The monoisotopic (exact) mass is 280 g/mol. The first-order valence-corrected chi connectivity index (χ1v) is 7.54. The van der Waals surface area contributed by atoms with E-state index in [-0.39, 0.29) is 11.9 Å². The molecule has 1 aromatic carbocycles. The molecule has 0 spiro atoms. The molecule has 1 aromatic rings. The van der Waals surface area contributed by atoms with Crippen molar-refractivity contribution < 1.29 is 9.50 Å². The third-order valence-electron chi connectivity index (χ3n) is 4.15. The summed E-state index contributed by atoms with van der Waals surface area (Å²) in [6.45, 7) is 7.11. The molecule has 112 valence electrons. The number of nitrogens with one attached hydrogen (secondary N) is 1. The topological polar surface area (TPSA) is 35.5 Å². The van der Waals surface area contributed by atoms with E-state index >= 15 is 0 Å². The van der Waals surface area contributed by atoms with Gasteiger partial charge in [-0.15, -0.1) is 0 Å². The van der Waals surface area contributed by atoms with Crippen LogP contribution in [0.3, 0.4) is 0 Å². The fraction of sp³-hybridized carbons (Fsp3) is 0.625. The number of nitrogens with zero attached hydrogens (tertiary/aromatic N) is 1. The van der Waals surface area contributed by atoms with Gasteiger partial charge in [-0.2, -0.15) is 0 Å². The van der Waals surface area contributed by atoms with Crippen molar-refractivity contribution in [3.05, 3.63) is 29.6 Å². The van der Waals surface area contributed by atoms with Crippen molar-refractivity contribution in [3.63, 3.8) is 0 Å². The van der Waals surface area contributed by atoms with E-state index in [0.717, 1.165) is 38.0 Å². The van der Waals surface area contributed by atoms with E-state index in [0.29, 0.717) is 18.2 Å². The quantitative estimate of drug-likeness (QED) is 0.870. The lowest BCUT2D eigenvalue weighted by Crippen LogP contribution is -2.37. The van der Waals surface area contributed by atoms with Crippen LogP contribution >= 0.6 is 0 Å². The minimum atomic E-state index is -0.260. The summed E-state index contributed by atoms with van der Waals surface area (Å²) in [6, 6.07) is 5.49. The van der Waals surface area contributed by atoms with Crippen LogP contribution in [0.25, 0.3) is 0 Å². The second-order valence-corrected chi connectivity index (χ2v) is 5.63. The molecule has 1 saturated heterocycles. The number of benzene rings is 1. The van der Waals surface area contributed by atoms with E-state index in [9.17, 15) is 9.50 Å². The summed E-state index contributed by atoms with van der Waals surface area (Å²) in [7, 11) is 0. The number of anilines is 1. The number of halogens is 1. The fourth-order valence-electron chi connectivity index (χ4n) is 2.81. The number of piperidine rings is 1. The zero-order valence-electron chi connectivity index (χ0n) is 12.4. The van der Waals surface area contributed by atoms with Crippen LogP contribution in [-0.4, -0.2) is 30.8 Å². The van der Waals surface area contributed by atoms with Crippen LogP contribution in [0.4, 0.5) is 10.1 Å². The Bertz CT molecular complexity index is 428. The third-order valence-corrected chi connectivity index (χ3v) is 4.15. The third kappa shape index (κ3) is 3.70. The largest absolute Gasteiger partial charge is 0.393 e. The number of aliphatic hydroxyl groups excluding tert-OH is 1. The minimum absolute atomic E-state index is 0.143. The molecule has 1 heterocycles. The van der Waals surface area contributed by atoms with E-state index in [2.05, 4.69) is 10.2 Å². The predicted molar refractivity (Wildman–Crippen MR) is 80.4 cm³/mol. The molecule has 1 aliphatic rings. The van der Waals surface area contributed by atoms with Gasteiger partial charge in [0, 0.05) is 19.6 Å².